The Morgan fingerprint density at radius 3 is 1.76 bits per heavy atom. The van der Waals surface area contributed by atoms with Crippen molar-refractivity contribution in [3.8, 4) is 44.5 Å². The van der Waals surface area contributed by atoms with Gasteiger partial charge in [0.1, 0.15) is 11.2 Å². The number of nitrogens with zero attached hydrogens (tertiary/aromatic N) is 1. The van der Waals surface area contributed by atoms with Crippen molar-refractivity contribution in [2.75, 3.05) is 4.90 Å². The van der Waals surface area contributed by atoms with Gasteiger partial charge < -0.3 is 9.32 Å². The summed E-state index contributed by atoms with van der Waals surface area (Å²) >= 11 is 0. The molecular formula is C60H39NO. The minimum atomic E-state index is 0.858. The molecule has 0 unspecified atom stereocenters. The number of anilines is 3. The molecule has 0 amide bonds. The molecule has 0 saturated heterocycles. The monoisotopic (exact) mass is 789 g/mol. The molecule has 0 radical (unpaired) electrons. The number of benzene rings is 11. The lowest BCUT2D eigenvalue weighted by Gasteiger charge is -2.29. The lowest BCUT2D eigenvalue weighted by molar-refractivity contribution is 0.670. The molecule has 62 heavy (non-hydrogen) atoms. The highest BCUT2D eigenvalue weighted by Crippen LogP contribution is 2.49. The zero-order chi connectivity index (χ0) is 41.0. The molecule has 0 fully saturated rings. The summed E-state index contributed by atoms with van der Waals surface area (Å²) in [5.74, 6) is 0. The summed E-state index contributed by atoms with van der Waals surface area (Å²) in [4.78, 5) is 2.43. The number of hydrogen-bond donors (Lipinski definition) is 0. The number of fused-ring (bicyclic) bond motifs is 7. The van der Waals surface area contributed by atoms with Gasteiger partial charge in [-0.3, -0.25) is 0 Å². The fourth-order valence-corrected chi connectivity index (χ4v) is 9.48. The number of para-hydroxylation sites is 2. The fraction of sp³-hybridized carbons (Fsp3) is 0. The molecule has 1 heterocycles. The van der Waals surface area contributed by atoms with E-state index in [0.29, 0.717) is 0 Å². The van der Waals surface area contributed by atoms with E-state index in [0.717, 1.165) is 61.3 Å². The van der Waals surface area contributed by atoms with Crippen molar-refractivity contribution in [2.24, 2.45) is 0 Å². The first-order valence-corrected chi connectivity index (χ1v) is 21.2. The quantitative estimate of drug-likeness (QED) is 0.150. The maximum Gasteiger partial charge on any atom is 0.145 e. The molecule has 0 aliphatic rings. The van der Waals surface area contributed by atoms with Gasteiger partial charge in [0.05, 0.1) is 16.8 Å². The Labute approximate surface area is 360 Å². The van der Waals surface area contributed by atoms with Crippen LogP contribution < -0.4 is 4.90 Å². The summed E-state index contributed by atoms with van der Waals surface area (Å²) in [6.07, 6.45) is 0. The van der Waals surface area contributed by atoms with E-state index in [1.807, 2.05) is 0 Å². The van der Waals surface area contributed by atoms with E-state index in [9.17, 15) is 0 Å². The molecular weight excluding hydrogens is 751 g/mol. The zero-order valence-electron chi connectivity index (χ0n) is 33.9. The van der Waals surface area contributed by atoms with E-state index in [-0.39, 0.29) is 0 Å². The third-order valence-corrected chi connectivity index (χ3v) is 12.4. The van der Waals surface area contributed by atoms with Crippen LogP contribution in [0.4, 0.5) is 17.1 Å². The molecule has 11 aromatic carbocycles. The van der Waals surface area contributed by atoms with Gasteiger partial charge in [0.25, 0.3) is 0 Å². The van der Waals surface area contributed by atoms with Crippen molar-refractivity contribution >= 4 is 71.3 Å². The van der Waals surface area contributed by atoms with Crippen molar-refractivity contribution in [1.82, 2.24) is 0 Å². The Hall–Kier alpha value is -8.20. The predicted octanol–water partition coefficient (Wildman–Crippen LogP) is 17.2. The average Bonchev–Trinajstić information content (AvgIpc) is 3.75. The first kappa shape index (κ1) is 35.7. The highest BCUT2D eigenvalue weighted by molar-refractivity contribution is 6.21. The smallest absolute Gasteiger partial charge is 0.145 e. The minimum absolute atomic E-state index is 0.858. The van der Waals surface area contributed by atoms with E-state index < -0.39 is 0 Å². The van der Waals surface area contributed by atoms with Crippen molar-refractivity contribution in [1.29, 1.82) is 0 Å². The van der Waals surface area contributed by atoms with Crippen LogP contribution >= 0.6 is 0 Å². The maximum absolute atomic E-state index is 7.03. The van der Waals surface area contributed by atoms with E-state index in [4.69, 9.17) is 4.42 Å². The second-order valence-corrected chi connectivity index (χ2v) is 16.0. The summed E-state index contributed by atoms with van der Waals surface area (Å²) in [6.45, 7) is 0. The molecule has 2 nitrogen and oxygen atoms in total. The van der Waals surface area contributed by atoms with Gasteiger partial charge in [0.15, 0.2) is 0 Å². The second-order valence-electron chi connectivity index (χ2n) is 16.0. The van der Waals surface area contributed by atoms with Gasteiger partial charge >= 0.3 is 0 Å². The first-order chi connectivity index (χ1) is 30.7. The van der Waals surface area contributed by atoms with Crippen LogP contribution in [0.1, 0.15) is 0 Å². The normalized spacial score (nSPS) is 11.5. The third-order valence-electron chi connectivity index (χ3n) is 12.4. The third kappa shape index (κ3) is 6.04. The molecule has 0 aliphatic heterocycles. The average molecular weight is 790 g/mol. The number of furan rings is 1. The maximum atomic E-state index is 7.03. The molecule has 12 aromatic rings. The lowest BCUT2D eigenvalue weighted by atomic mass is 9.91. The van der Waals surface area contributed by atoms with E-state index in [1.165, 1.54) is 54.6 Å². The molecule has 0 aliphatic carbocycles. The Balaban J connectivity index is 1.10. The van der Waals surface area contributed by atoms with E-state index in [1.54, 1.807) is 0 Å². The van der Waals surface area contributed by atoms with E-state index in [2.05, 4.69) is 241 Å². The molecule has 2 heteroatoms. The Morgan fingerprint density at radius 2 is 0.903 bits per heavy atom. The molecule has 290 valence electrons. The SMILES string of the molecule is c1ccc(-c2cccc(-c3ccccc3N(c3ccc(-c4ccc5ccccc5c4)cc3)c3ccc(-c4cc5ccccc5c5ccccc45)c4oc5ccccc5c34)c2)cc1. The van der Waals surface area contributed by atoms with Crippen LogP contribution in [-0.4, -0.2) is 0 Å². The van der Waals surface area contributed by atoms with Crippen LogP contribution in [0, 0.1) is 0 Å². The van der Waals surface area contributed by atoms with Crippen molar-refractivity contribution in [3.63, 3.8) is 0 Å². The van der Waals surface area contributed by atoms with Crippen LogP contribution in [0.5, 0.6) is 0 Å². The standard InChI is InChI=1S/C60H39NO/c1-2-15-40(16-3-1)44-20-14-21-46(38-44)50-23-10-12-27-56(50)61(48-33-31-42(32-34-48)45-30-29-41-17-4-5-18-43(41)37-45)57-36-35-53(60-59(57)54-26-11-13-28-58(54)62-60)55-39-47-19-6-7-22-49(47)51-24-8-9-25-52(51)55/h1-39H. The zero-order valence-corrected chi connectivity index (χ0v) is 33.9. The van der Waals surface area contributed by atoms with Gasteiger partial charge in [0.2, 0.25) is 0 Å². The predicted molar refractivity (Wildman–Crippen MR) is 263 cm³/mol. The largest absolute Gasteiger partial charge is 0.455 e. The summed E-state index contributed by atoms with van der Waals surface area (Å²) in [5, 5.41) is 9.50. The minimum Gasteiger partial charge on any atom is -0.455 e. The second kappa shape index (κ2) is 14.8. The van der Waals surface area contributed by atoms with Crippen LogP contribution in [0.15, 0.2) is 241 Å². The van der Waals surface area contributed by atoms with Gasteiger partial charge in [-0.2, -0.15) is 0 Å². The Morgan fingerprint density at radius 1 is 0.290 bits per heavy atom. The molecule has 12 rings (SSSR count). The molecule has 1 aromatic heterocycles. The van der Waals surface area contributed by atoms with Crippen LogP contribution in [0.2, 0.25) is 0 Å². The summed E-state index contributed by atoms with van der Waals surface area (Å²) < 4.78 is 7.03. The van der Waals surface area contributed by atoms with Gasteiger partial charge in [-0.25, -0.2) is 0 Å². The van der Waals surface area contributed by atoms with Crippen molar-refractivity contribution < 1.29 is 4.42 Å². The molecule has 0 atom stereocenters. The topological polar surface area (TPSA) is 16.4 Å². The van der Waals surface area contributed by atoms with Crippen LogP contribution in [-0.2, 0) is 0 Å². The highest BCUT2D eigenvalue weighted by atomic mass is 16.3. The van der Waals surface area contributed by atoms with Crippen molar-refractivity contribution in [2.45, 2.75) is 0 Å². The molecule has 0 bridgehead atoms. The van der Waals surface area contributed by atoms with E-state index >= 15 is 0 Å². The fourth-order valence-electron chi connectivity index (χ4n) is 9.48. The summed E-state index contributed by atoms with van der Waals surface area (Å²) in [7, 11) is 0. The number of rotatable bonds is 7. The van der Waals surface area contributed by atoms with Crippen molar-refractivity contribution in [3.05, 3.63) is 237 Å². The summed E-state index contributed by atoms with van der Waals surface area (Å²) in [6, 6.07) is 85.4. The van der Waals surface area contributed by atoms with Crippen LogP contribution in [0.25, 0.3) is 98.8 Å². The highest BCUT2D eigenvalue weighted by Gasteiger charge is 2.25. The van der Waals surface area contributed by atoms with Crippen LogP contribution in [0.3, 0.4) is 0 Å². The Kier molecular flexibility index (Phi) is 8.53. The first-order valence-electron chi connectivity index (χ1n) is 21.2. The Bertz CT molecular complexity index is 3640. The molecule has 0 spiro atoms. The number of hydrogen-bond acceptors (Lipinski definition) is 2. The molecule has 0 saturated carbocycles. The molecule has 0 N–H and O–H groups in total. The lowest BCUT2D eigenvalue weighted by Crippen LogP contribution is -2.11. The van der Waals surface area contributed by atoms with Gasteiger partial charge in [-0.15, -0.1) is 0 Å². The van der Waals surface area contributed by atoms with Gasteiger partial charge in [-0.1, -0.05) is 182 Å². The van der Waals surface area contributed by atoms with Gasteiger partial charge in [0, 0.05) is 22.2 Å². The summed E-state index contributed by atoms with van der Waals surface area (Å²) in [5.41, 5.74) is 14.1. The van der Waals surface area contributed by atoms with Gasteiger partial charge in [-0.05, 0) is 120 Å².